The number of rotatable bonds is 5. The fourth-order valence-corrected chi connectivity index (χ4v) is 3.10. The van der Waals surface area contributed by atoms with Crippen molar-refractivity contribution in [2.45, 2.75) is 66.0 Å². The number of piperidine rings is 1. The molecule has 0 amide bonds. The zero-order valence-electron chi connectivity index (χ0n) is 12.6. The van der Waals surface area contributed by atoms with Crippen molar-refractivity contribution in [2.75, 3.05) is 13.2 Å². The van der Waals surface area contributed by atoms with E-state index in [0.29, 0.717) is 24.5 Å². The second-order valence-corrected chi connectivity index (χ2v) is 5.81. The number of carbonyl (C=O) groups is 1. The van der Waals surface area contributed by atoms with E-state index in [9.17, 15) is 4.79 Å². The zero-order chi connectivity index (χ0) is 13.7. The summed E-state index contributed by atoms with van der Waals surface area (Å²) in [5.41, 5.74) is 0. The van der Waals surface area contributed by atoms with Gasteiger partial charge < -0.3 is 4.74 Å². The molecule has 18 heavy (non-hydrogen) atoms. The van der Waals surface area contributed by atoms with Crippen LogP contribution < -0.4 is 0 Å². The zero-order valence-corrected chi connectivity index (χ0v) is 12.6. The Kier molecular flexibility index (Phi) is 6.13. The summed E-state index contributed by atoms with van der Waals surface area (Å²) in [4.78, 5) is 14.5. The first-order valence-electron chi connectivity index (χ1n) is 7.43. The summed E-state index contributed by atoms with van der Waals surface area (Å²) in [6, 6.07) is 0.428. The molecule has 0 aromatic rings. The molecule has 1 aliphatic rings. The molecule has 1 saturated heterocycles. The number of carbonyl (C=O) groups excluding carboxylic acids is 1. The lowest BCUT2D eigenvalue weighted by atomic mass is 9.84. The molecular weight excluding hydrogens is 226 g/mol. The normalized spacial score (nSPS) is 31.1. The van der Waals surface area contributed by atoms with Crippen LogP contribution in [0.15, 0.2) is 0 Å². The predicted molar refractivity (Wildman–Crippen MR) is 74.4 cm³/mol. The summed E-state index contributed by atoms with van der Waals surface area (Å²) in [7, 11) is 0. The van der Waals surface area contributed by atoms with Crippen LogP contribution in [0.3, 0.4) is 0 Å². The molecule has 0 N–H and O–H groups in total. The van der Waals surface area contributed by atoms with Crippen LogP contribution in [0.1, 0.15) is 53.9 Å². The van der Waals surface area contributed by atoms with Crippen molar-refractivity contribution in [3.63, 3.8) is 0 Å². The van der Waals surface area contributed by atoms with E-state index in [1.807, 2.05) is 6.92 Å². The van der Waals surface area contributed by atoms with E-state index in [4.69, 9.17) is 4.74 Å². The van der Waals surface area contributed by atoms with E-state index in [0.717, 1.165) is 19.4 Å². The monoisotopic (exact) mass is 255 g/mol. The number of hydrogen-bond donors (Lipinski definition) is 0. The molecule has 3 nitrogen and oxygen atoms in total. The third kappa shape index (κ3) is 3.71. The topological polar surface area (TPSA) is 29.5 Å². The van der Waals surface area contributed by atoms with E-state index in [2.05, 4.69) is 32.6 Å². The van der Waals surface area contributed by atoms with E-state index in [1.165, 1.54) is 6.42 Å². The number of likely N-dealkylation sites (tertiary alicyclic amines) is 1. The number of ether oxygens (including phenoxy) is 1. The summed E-state index contributed by atoms with van der Waals surface area (Å²) < 4.78 is 5.25. The molecule has 4 unspecified atom stereocenters. The van der Waals surface area contributed by atoms with Gasteiger partial charge in [0.2, 0.25) is 0 Å². The Morgan fingerprint density at radius 2 is 2.00 bits per heavy atom. The quantitative estimate of drug-likeness (QED) is 0.707. The maximum atomic E-state index is 12.1. The highest BCUT2D eigenvalue weighted by Crippen LogP contribution is 2.29. The van der Waals surface area contributed by atoms with Crippen LogP contribution in [-0.2, 0) is 9.53 Å². The highest BCUT2D eigenvalue weighted by Gasteiger charge is 2.36. The smallest absolute Gasteiger partial charge is 0.323 e. The van der Waals surface area contributed by atoms with Gasteiger partial charge in [-0.05, 0) is 38.5 Å². The van der Waals surface area contributed by atoms with Crippen LogP contribution in [0.4, 0.5) is 0 Å². The minimum absolute atomic E-state index is 0.0347. The molecule has 0 aromatic carbocycles. The minimum Gasteiger partial charge on any atom is -0.465 e. The third-order valence-electron chi connectivity index (χ3n) is 4.16. The number of nitrogens with zero attached hydrogens (tertiary/aromatic N) is 1. The molecule has 106 valence electrons. The number of esters is 1. The molecule has 1 heterocycles. The molecule has 0 spiro atoms. The van der Waals surface area contributed by atoms with Gasteiger partial charge >= 0.3 is 5.97 Å². The van der Waals surface area contributed by atoms with Gasteiger partial charge in [0.25, 0.3) is 0 Å². The summed E-state index contributed by atoms with van der Waals surface area (Å²) in [5.74, 6) is 1.29. The van der Waals surface area contributed by atoms with Gasteiger partial charge in [-0.1, -0.05) is 27.2 Å². The van der Waals surface area contributed by atoms with Crippen molar-refractivity contribution in [1.29, 1.82) is 0 Å². The maximum Gasteiger partial charge on any atom is 0.323 e. The second-order valence-electron chi connectivity index (χ2n) is 5.81. The van der Waals surface area contributed by atoms with Crippen LogP contribution >= 0.6 is 0 Å². The van der Waals surface area contributed by atoms with Gasteiger partial charge in [0.05, 0.1) is 6.61 Å². The minimum atomic E-state index is -0.0462. The molecule has 1 rings (SSSR count). The van der Waals surface area contributed by atoms with Crippen LogP contribution in [0, 0.1) is 11.8 Å². The predicted octanol–water partition coefficient (Wildman–Crippen LogP) is 3.08. The largest absolute Gasteiger partial charge is 0.465 e. The lowest BCUT2D eigenvalue weighted by Crippen LogP contribution is -2.54. The molecule has 0 aliphatic carbocycles. The fraction of sp³-hybridized carbons (Fsp3) is 0.933. The second kappa shape index (κ2) is 7.13. The van der Waals surface area contributed by atoms with E-state index >= 15 is 0 Å². The van der Waals surface area contributed by atoms with Crippen LogP contribution in [0.5, 0.6) is 0 Å². The van der Waals surface area contributed by atoms with Crippen LogP contribution in [0.25, 0.3) is 0 Å². The Bertz CT molecular complexity index is 267. The Labute approximate surface area is 112 Å². The summed E-state index contributed by atoms with van der Waals surface area (Å²) >= 11 is 0. The Morgan fingerprint density at radius 3 is 2.56 bits per heavy atom. The van der Waals surface area contributed by atoms with Gasteiger partial charge in [0, 0.05) is 12.6 Å². The molecule has 3 heteroatoms. The van der Waals surface area contributed by atoms with E-state index < -0.39 is 0 Å². The van der Waals surface area contributed by atoms with Crippen molar-refractivity contribution >= 4 is 5.97 Å². The van der Waals surface area contributed by atoms with Crippen LogP contribution in [-0.4, -0.2) is 36.1 Å². The van der Waals surface area contributed by atoms with Crippen molar-refractivity contribution in [3.8, 4) is 0 Å². The SMILES string of the molecule is CCCC(C(=O)OCC)N1CC(C)CC(C)C1C. The summed E-state index contributed by atoms with van der Waals surface area (Å²) in [6.45, 7) is 12.3. The summed E-state index contributed by atoms with van der Waals surface area (Å²) in [6.07, 6.45) is 3.19. The van der Waals surface area contributed by atoms with Gasteiger partial charge in [0.1, 0.15) is 6.04 Å². The maximum absolute atomic E-state index is 12.1. The summed E-state index contributed by atoms with van der Waals surface area (Å²) in [5, 5.41) is 0. The Hall–Kier alpha value is -0.570. The molecule has 1 fully saturated rings. The fourth-order valence-electron chi connectivity index (χ4n) is 3.10. The van der Waals surface area contributed by atoms with Crippen molar-refractivity contribution in [2.24, 2.45) is 11.8 Å². The first-order chi connectivity index (χ1) is 8.51. The van der Waals surface area contributed by atoms with Gasteiger partial charge in [-0.3, -0.25) is 9.69 Å². The van der Waals surface area contributed by atoms with Gasteiger partial charge in [-0.2, -0.15) is 0 Å². The molecule has 1 aliphatic heterocycles. The van der Waals surface area contributed by atoms with Crippen molar-refractivity contribution < 1.29 is 9.53 Å². The Balaban J connectivity index is 2.79. The molecule has 0 bridgehead atoms. The number of hydrogen-bond acceptors (Lipinski definition) is 3. The van der Waals surface area contributed by atoms with Gasteiger partial charge in [0.15, 0.2) is 0 Å². The van der Waals surface area contributed by atoms with E-state index in [-0.39, 0.29) is 12.0 Å². The van der Waals surface area contributed by atoms with Gasteiger partial charge in [-0.25, -0.2) is 0 Å². The Morgan fingerprint density at radius 1 is 1.33 bits per heavy atom. The van der Waals surface area contributed by atoms with Gasteiger partial charge in [-0.15, -0.1) is 0 Å². The first-order valence-corrected chi connectivity index (χ1v) is 7.43. The molecule has 0 radical (unpaired) electrons. The molecule has 4 atom stereocenters. The molecule has 0 saturated carbocycles. The highest BCUT2D eigenvalue weighted by molar-refractivity contribution is 5.75. The third-order valence-corrected chi connectivity index (χ3v) is 4.16. The molecule has 0 aromatic heterocycles. The lowest BCUT2D eigenvalue weighted by molar-refractivity contribution is -0.152. The lowest BCUT2D eigenvalue weighted by Gasteiger charge is -2.44. The first kappa shape index (κ1) is 15.5. The average molecular weight is 255 g/mol. The van der Waals surface area contributed by atoms with Crippen molar-refractivity contribution in [1.82, 2.24) is 4.90 Å². The van der Waals surface area contributed by atoms with Crippen LogP contribution in [0.2, 0.25) is 0 Å². The van der Waals surface area contributed by atoms with E-state index in [1.54, 1.807) is 0 Å². The van der Waals surface area contributed by atoms with Crippen molar-refractivity contribution in [3.05, 3.63) is 0 Å². The highest BCUT2D eigenvalue weighted by atomic mass is 16.5. The standard InChI is InChI=1S/C15H29NO2/c1-6-8-14(15(17)18-7-2)16-10-11(3)9-12(4)13(16)5/h11-14H,6-10H2,1-5H3. The molecular formula is C15H29NO2. The average Bonchev–Trinajstić information content (AvgIpc) is 2.31.